The number of anilines is 1. The van der Waals surface area contributed by atoms with Crippen molar-refractivity contribution in [1.82, 2.24) is 10.6 Å². The van der Waals surface area contributed by atoms with Crippen LogP contribution in [-0.2, 0) is 0 Å². The lowest BCUT2D eigenvalue weighted by Crippen LogP contribution is -2.44. The van der Waals surface area contributed by atoms with Gasteiger partial charge in [-0.2, -0.15) is 0 Å². The highest BCUT2D eigenvalue weighted by molar-refractivity contribution is 6.30. The summed E-state index contributed by atoms with van der Waals surface area (Å²) in [4.78, 5) is 6.63. The molecule has 0 amide bonds. The summed E-state index contributed by atoms with van der Waals surface area (Å²) < 4.78 is 0. The van der Waals surface area contributed by atoms with Crippen LogP contribution >= 0.6 is 11.6 Å². The highest BCUT2D eigenvalue weighted by atomic mass is 35.5. The number of halogens is 1. The zero-order chi connectivity index (χ0) is 15.1. The number of hydrogen-bond acceptors (Lipinski definition) is 3. The molecule has 3 N–H and O–H groups in total. The van der Waals surface area contributed by atoms with Gasteiger partial charge in [0, 0.05) is 36.4 Å². The van der Waals surface area contributed by atoms with E-state index >= 15 is 0 Å². The van der Waals surface area contributed by atoms with Crippen LogP contribution in [0.2, 0.25) is 5.02 Å². The van der Waals surface area contributed by atoms with Crippen molar-refractivity contribution in [3.05, 3.63) is 29.3 Å². The van der Waals surface area contributed by atoms with Crippen molar-refractivity contribution in [1.29, 1.82) is 0 Å². The van der Waals surface area contributed by atoms with E-state index in [1.165, 1.54) is 0 Å². The number of aliphatic imine (C=N–C) groups is 1. The van der Waals surface area contributed by atoms with Crippen molar-refractivity contribution >= 4 is 23.2 Å². The minimum absolute atomic E-state index is 0.0654. The Labute approximate surface area is 131 Å². The molecule has 116 valence electrons. The van der Waals surface area contributed by atoms with Crippen molar-refractivity contribution in [2.24, 2.45) is 4.99 Å². The molecular weight excluding hydrogens is 288 g/mol. The summed E-state index contributed by atoms with van der Waals surface area (Å²) in [5.41, 5.74) is 1.16. The topological polar surface area (TPSA) is 59.9 Å². The number of aliphatic hydroxyl groups is 1. The first-order chi connectivity index (χ1) is 10.2. The molecule has 1 saturated heterocycles. The zero-order valence-electron chi connectivity index (χ0n) is 12.3. The molecule has 0 spiro atoms. The van der Waals surface area contributed by atoms with Crippen LogP contribution in [0.1, 0.15) is 13.3 Å². The largest absolute Gasteiger partial charge is 0.394 e. The average molecular weight is 311 g/mol. The van der Waals surface area contributed by atoms with E-state index in [1.54, 1.807) is 0 Å². The second-order valence-corrected chi connectivity index (χ2v) is 5.48. The Hall–Kier alpha value is -1.46. The quantitative estimate of drug-likeness (QED) is 0.569. The molecule has 21 heavy (non-hydrogen) atoms. The van der Waals surface area contributed by atoms with Crippen molar-refractivity contribution in [3.8, 4) is 0 Å². The van der Waals surface area contributed by atoms with Gasteiger partial charge in [-0.15, -0.1) is 0 Å². The van der Waals surface area contributed by atoms with Crippen LogP contribution in [0.15, 0.2) is 29.3 Å². The van der Waals surface area contributed by atoms with E-state index in [0.29, 0.717) is 12.6 Å². The lowest BCUT2D eigenvalue weighted by molar-refractivity contribution is 0.306. The standard InChI is InChI=1S/C15H23ClN4O/c1-2-17-15(18-7-9-21)19-13-6-8-20(11-13)14-5-3-4-12(16)10-14/h3-5,10,13,21H,2,6-9,11H2,1H3,(H2,17,18,19). The first-order valence-electron chi connectivity index (χ1n) is 7.39. The second-order valence-electron chi connectivity index (χ2n) is 5.04. The summed E-state index contributed by atoms with van der Waals surface area (Å²) in [6.45, 7) is 5.24. The molecule has 2 rings (SSSR count). The van der Waals surface area contributed by atoms with E-state index in [9.17, 15) is 0 Å². The van der Waals surface area contributed by atoms with Crippen LogP contribution in [0.4, 0.5) is 5.69 Å². The molecule has 1 atom stereocenters. The number of rotatable bonds is 5. The Morgan fingerprint density at radius 1 is 1.52 bits per heavy atom. The van der Waals surface area contributed by atoms with Crippen molar-refractivity contribution in [3.63, 3.8) is 0 Å². The highest BCUT2D eigenvalue weighted by Gasteiger charge is 2.23. The zero-order valence-corrected chi connectivity index (χ0v) is 13.1. The maximum atomic E-state index is 8.88. The summed E-state index contributed by atoms with van der Waals surface area (Å²) in [6.07, 6.45) is 1.05. The number of aliphatic hydroxyl groups excluding tert-OH is 1. The van der Waals surface area contributed by atoms with Crippen LogP contribution in [0.3, 0.4) is 0 Å². The van der Waals surface area contributed by atoms with E-state index in [4.69, 9.17) is 16.7 Å². The molecular formula is C15H23ClN4O. The lowest BCUT2D eigenvalue weighted by Gasteiger charge is -2.20. The molecule has 0 radical (unpaired) electrons. The molecule has 0 bridgehead atoms. The molecule has 1 aromatic rings. The molecule has 1 unspecified atom stereocenters. The Balaban J connectivity index is 1.92. The Kier molecular flexibility index (Phi) is 6.14. The predicted molar refractivity (Wildman–Crippen MR) is 88.3 cm³/mol. The molecule has 1 fully saturated rings. The van der Waals surface area contributed by atoms with Gasteiger partial charge in [0.2, 0.25) is 0 Å². The third-order valence-electron chi connectivity index (χ3n) is 3.42. The fourth-order valence-electron chi connectivity index (χ4n) is 2.46. The smallest absolute Gasteiger partial charge is 0.191 e. The normalized spacial score (nSPS) is 18.9. The van der Waals surface area contributed by atoms with Crippen molar-refractivity contribution in [2.45, 2.75) is 19.4 Å². The van der Waals surface area contributed by atoms with E-state index < -0.39 is 0 Å². The average Bonchev–Trinajstić information content (AvgIpc) is 2.93. The monoisotopic (exact) mass is 310 g/mol. The van der Waals surface area contributed by atoms with Gasteiger partial charge in [-0.05, 0) is 31.5 Å². The van der Waals surface area contributed by atoms with Crippen LogP contribution in [0.25, 0.3) is 0 Å². The second kappa shape index (κ2) is 8.10. The number of nitrogens with zero attached hydrogens (tertiary/aromatic N) is 2. The van der Waals surface area contributed by atoms with Gasteiger partial charge < -0.3 is 20.6 Å². The van der Waals surface area contributed by atoms with Crippen LogP contribution in [0, 0.1) is 0 Å². The minimum atomic E-state index is 0.0654. The molecule has 0 aromatic heterocycles. The molecule has 6 heteroatoms. The molecule has 5 nitrogen and oxygen atoms in total. The van der Waals surface area contributed by atoms with E-state index in [-0.39, 0.29) is 6.61 Å². The van der Waals surface area contributed by atoms with Crippen molar-refractivity contribution in [2.75, 3.05) is 37.7 Å². The summed E-state index contributed by atoms with van der Waals surface area (Å²) in [6, 6.07) is 8.29. The fourth-order valence-corrected chi connectivity index (χ4v) is 2.65. The van der Waals surface area contributed by atoms with Gasteiger partial charge in [-0.3, -0.25) is 4.99 Å². The van der Waals surface area contributed by atoms with Gasteiger partial charge in [0.25, 0.3) is 0 Å². The van der Waals surface area contributed by atoms with E-state index in [2.05, 4.69) is 26.6 Å². The summed E-state index contributed by atoms with van der Waals surface area (Å²) in [7, 11) is 0. The molecule has 1 heterocycles. The highest BCUT2D eigenvalue weighted by Crippen LogP contribution is 2.23. The van der Waals surface area contributed by atoms with Crippen molar-refractivity contribution < 1.29 is 5.11 Å². The maximum absolute atomic E-state index is 8.88. The first kappa shape index (κ1) is 15.9. The number of nitrogens with one attached hydrogen (secondary N) is 2. The molecule has 0 saturated carbocycles. The van der Waals surface area contributed by atoms with Gasteiger partial charge in [0.05, 0.1) is 13.2 Å². The van der Waals surface area contributed by atoms with Gasteiger partial charge in [-0.25, -0.2) is 0 Å². The lowest BCUT2D eigenvalue weighted by atomic mass is 10.3. The number of hydrogen-bond donors (Lipinski definition) is 3. The number of benzene rings is 1. The van der Waals surface area contributed by atoms with Crippen LogP contribution in [0.5, 0.6) is 0 Å². The molecule has 1 aromatic carbocycles. The van der Waals surface area contributed by atoms with Gasteiger partial charge in [0.15, 0.2) is 5.96 Å². The summed E-state index contributed by atoms with van der Waals surface area (Å²) >= 11 is 6.05. The number of guanidine groups is 1. The molecule has 0 aliphatic carbocycles. The minimum Gasteiger partial charge on any atom is -0.394 e. The van der Waals surface area contributed by atoms with Crippen LogP contribution < -0.4 is 15.5 Å². The molecule has 1 aliphatic rings. The van der Waals surface area contributed by atoms with E-state index in [0.717, 1.165) is 42.7 Å². The SMILES string of the molecule is CCNC(=NCCO)NC1CCN(c2cccc(Cl)c2)C1. The van der Waals surface area contributed by atoms with Gasteiger partial charge in [0.1, 0.15) is 0 Å². The summed E-state index contributed by atoms with van der Waals surface area (Å²) in [5, 5.41) is 16.3. The predicted octanol–water partition coefficient (Wildman–Crippen LogP) is 1.47. The summed E-state index contributed by atoms with van der Waals surface area (Å²) in [5.74, 6) is 0.768. The third kappa shape index (κ3) is 4.79. The first-order valence-corrected chi connectivity index (χ1v) is 7.77. The third-order valence-corrected chi connectivity index (χ3v) is 3.65. The Morgan fingerprint density at radius 2 is 2.38 bits per heavy atom. The molecule has 1 aliphatic heterocycles. The van der Waals surface area contributed by atoms with Crippen LogP contribution in [-0.4, -0.2) is 49.9 Å². The Morgan fingerprint density at radius 3 is 3.10 bits per heavy atom. The maximum Gasteiger partial charge on any atom is 0.191 e. The Bertz CT molecular complexity index is 480. The van der Waals surface area contributed by atoms with E-state index in [1.807, 2.05) is 25.1 Å². The fraction of sp³-hybridized carbons (Fsp3) is 0.533. The van der Waals surface area contributed by atoms with Gasteiger partial charge >= 0.3 is 0 Å². The van der Waals surface area contributed by atoms with Gasteiger partial charge in [-0.1, -0.05) is 17.7 Å².